The first-order chi connectivity index (χ1) is 37.7. The average molecular weight is 1090 g/mol. The summed E-state index contributed by atoms with van der Waals surface area (Å²) < 4.78 is 62.6. The van der Waals surface area contributed by atoms with Crippen LogP contribution in [0.4, 0.5) is 4.79 Å². The van der Waals surface area contributed by atoms with E-state index < -0.39 is 134 Å². The van der Waals surface area contributed by atoms with Gasteiger partial charge in [0.25, 0.3) is 0 Å². The molecule has 0 bridgehead atoms. The fourth-order valence-electron chi connectivity index (χ4n) is 10.3. The molecule has 0 aromatic heterocycles. The first kappa shape index (κ1) is 59.7. The summed E-state index contributed by atoms with van der Waals surface area (Å²) in [4.78, 5) is 68.9. The Morgan fingerprint density at radius 2 is 1.17 bits per heavy atom. The number of esters is 3. The smallest absolute Gasteiger partial charge is 0.410 e. The molecule has 0 radical (unpaired) electrons. The Bertz CT molecular complexity index is 2610. The van der Waals surface area contributed by atoms with Gasteiger partial charge >= 0.3 is 24.0 Å². The van der Waals surface area contributed by atoms with Crippen LogP contribution in [0.5, 0.6) is 0 Å². The Kier molecular flexibility index (Phi) is 22.4. The predicted molar refractivity (Wildman–Crippen MR) is 269 cm³/mol. The van der Waals surface area contributed by atoms with Gasteiger partial charge in [0.05, 0.1) is 55.1 Å². The van der Waals surface area contributed by atoms with Crippen molar-refractivity contribution in [2.75, 3.05) is 6.54 Å². The summed E-state index contributed by atoms with van der Waals surface area (Å²) in [5, 5.41) is 19.4. The molecule has 6 rings (SSSR count). The van der Waals surface area contributed by atoms with Gasteiger partial charge in [0.1, 0.15) is 37.1 Å². The Labute approximate surface area is 447 Å². The van der Waals surface area contributed by atoms with Gasteiger partial charge in [-0.2, -0.15) is 0 Å². The lowest BCUT2D eigenvalue weighted by atomic mass is 9.83. The number of rotatable bonds is 23. The molecule has 2 aromatic carbocycles. The highest BCUT2D eigenvalue weighted by atomic mass is 16.8. The number of hydrogen-bond donors (Lipinski definition) is 0. The second-order valence-corrected chi connectivity index (χ2v) is 18.8. The Hall–Kier alpha value is -7.57. The van der Waals surface area contributed by atoms with Crippen LogP contribution in [0.15, 0.2) is 86.2 Å². The minimum Gasteiger partial charge on any atom is -0.459 e. The van der Waals surface area contributed by atoms with E-state index in [1.54, 1.807) is 18.7 Å². The van der Waals surface area contributed by atoms with Crippen molar-refractivity contribution in [3.8, 4) is 0 Å². The van der Waals surface area contributed by atoms with Crippen LogP contribution in [0.2, 0.25) is 0 Å². The zero-order valence-electron chi connectivity index (χ0n) is 43.7. The molecule has 18 atom stereocenters. The molecule has 3 heterocycles. The largest absolute Gasteiger partial charge is 0.459 e. The van der Waals surface area contributed by atoms with Crippen molar-refractivity contribution >= 4 is 24.0 Å². The highest BCUT2D eigenvalue weighted by Gasteiger charge is 2.57. The third-order valence-corrected chi connectivity index (χ3v) is 13.7. The molecule has 3 saturated heterocycles. The van der Waals surface area contributed by atoms with Crippen molar-refractivity contribution in [1.29, 1.82) is 0 Å². The molecule has 4 fully saturated rings. The number of carbonyl (C=O) groups is 4. The molecule has 1 aliphatic carbocycles. The summed E-state index contributed by atoms with van der Waals surface area (Å²) >= 11 is 0. The fraction of sp³-hybridized carbons (Fsp3) is 0.667. The van der Waals surface area contributed by atoms with Gasteiger partial charge in [0.15, 0.2) is 25.0 Å². The van der Waals surface area contributed by atoms with E-state index in [1.807, 2.05) is 67.6 Å². The molecule has 30 heteroatoms. The first-order valence-electron chi connectivity index (χ1n) is 25.3. The summed E-state index contributed by atoms with van der Waals surface area (Å²) in [5.74, 6) is -3.19. The monoisotopic (exact) mass is 1090 g/mol. The van der Waals surface area contributed by atoms with Crippen LogP contribution in [0.25, 0.3) is 52.2 Å². The summed E-state index contributed by atoms with van der Waals surface area (Å²) in [6.07, 6.45) is -16.1. The second kappa shape index (κ2) is 29.2. The first-order valence-corrected chi connectivity index (χ1v) is 25.3. The predicted octanol–water partition coefficient (Wildman–Crippen LogP) is 8.99. The van der Waals surface area contributed by atoms with E-state index in [0.717, 1.165) is 25.0 Å². The van der Waals surface area contributed by atoms with Crippen LogP contribution in [0.1, 0.15) is 84.8 Å². The third-order valence-electron chi connectivity index (χ3n) is 13.7. The van der Waals surface area contributed by atoms with E-state index in [9.17, 15) is 46.8 Å². The maximum absolute atomic E-state index is 14.2. The van der Waals surface area contributed by atoms with E-state index in [1.165, 1.54) is 6.92 Å². The summed E-state index contributed by atoms with van der Waals surface area (Å²) in [7, 11) is 0. The number of hydrogen-bond acceptors (Lipinski definition) is 19. The van der Waals surface area contributed by atoms with E-state index >= 15 is 0 Å². The molecule has 1 saturated carbocycles. The Morgan fingerprint density at radius 3 is 1.76 bits per heavy atom. The van der Waals surface area contributed by atoms with Crippen LogP contribution in [0, 0.1) is 5.92 Å². The Balaban J connectivity index is 1.38. The van der Waals surface area contributed by atoms with Crippen LogP contribution < -0.4 is 0 Å². The number of nitrogens with zero attached hydrogens (tertiary/aromatic N) is 16. The molecule has 0 spiro atoms. The summed E-state index contributed by atoms with van der Waals surface area (Å²) in [5.41, 5.74) is 50.1. The molecule has 0 N–H and O–H groups in total. The van der Waals surface area contributed by atoms with Crippen LogP contribution in [-0.2, 0) is 74.9 Å². The minimum absolute atomic E-state index is 0.0159. The van der Waals surface area contributed by atoms with Crippen molar-refractivity contribution in [3.63, 3.8) is 0 Å². The molecule has 418 valence electrons. The van der Waals surface area contributed by atoms with Crippen molar-refractivity contribution in [2.45, 2.75) is 191 Å². The van der Waals surface area contributed by atoms with E-state index in [2.05, 4.69) is 50.1 Å². The third kappa shape index (κ3) is 15.3. The van der Waals surface area contributed by atoms with E-state index in [0.29, 0.717) is 6.42 Å². The zero-order chi connectivity index (χ0) is 56.3. The minimum atomic E-state index is -1.66. The van der Waals surface area contributed by atoms with Gasteiger partial charge in [0.2, 0.25) is 0 Å². The molecular formula is C48H62N16O14. The average Bonchev–Trinajstić information content (AvgIpc) is 3.87. The maximum atomic E-state index is 14.2. The number of amides is 1. The molecule has 30 nitrogen and oxygen atoms in total. The van der Waals surface area contributed by atoms with Gasteiger partial charge in [0, 0.05) is 57.8 Å². The van der Waals surface area contributed by atoms with Crippen LogP contribution in [0.3, 0.4) is 0 Å². The van der Waals surface area contributed by atoms with Gasteiger partial charge in [-0.15, -0.1) is 0 Å². The molecule has 2 aromatic rings. The molecule has 18 unspecified atom stereocenters. The highest BCUT2D eigenvalue weighted by molar-refractivity contribution is 5.68. The zero-order valence-corrected chi connectivity index (χ0v) is 43.7. The number of benzene rings is 2. The van der Waals surface area contributed by atoms with E-state index in [4.69, 9.17) is 47.4 Å². The molecule has 4 aliphatic rings. The highest BCUT2D eigenvalue weighted by Crippen LogP contribution is 2.41. The number of azide groups is 5. The Morgan fingerprint density at radius 1 is 0.615 bits per heavy atom. The van der Waals surface area contributed by atoms with Gasteiger partial charge in [-0.05, 0) is 70.9 Å². The maximum Gasteiger partial charge on any atom is 0.410 e. The topological polar surface area (TPSA) is 408 Å². The van der Waals surface area contributed by atoms with Gasteiger partial charge in [-0.1, -0.05) is 107 Å². The SMILES string of the molecule is CCC1OC(OC2C(OC(C)=O)C(N=[N+]=[N-])CC(N=[N+]=[N-])C2OC2OC(C(CC)N(Cc3ccccc3)C(=O)OCc3ccccc3)CCC2N=[N+]=[N-])C(OC(C)=O)C1OC1OC(CN=[N+]=[N-])C(OC(C)=O)C(C)C1N=[N+]=[N-]. The molecule has 1 amide bonds. The second-order valence-electron chi connectivity index (χ2n) is 18.8. The molecular weight excluding hydrogens is 1020 g/mol. The lowest BCUT2D eigenvalue weighted by molar-refractivity contribution is -0.293. The van der Waals surface area contributed by atoms with Crippen LogP contribution in [-0.4, -0.2) is 139 Å². The molecule has 3 aliphatic heterocycles. The van der Waals surface area contributed by atoms with Gasteiger partial charge < -0.3 is 47.4 Å². The standard InChI is InChI=1S/C48H62N16O14/c1-7-34(64(23-29-15-11-9-12-16-29)48(68)69-24-30-17-13-10-14-18-30)36-20-19-31(55-60-50)45(74-36)76-41-33(57-62-52)21-32(56-61-51)40(71-27(5)66)43(41)78-47-44(72-28(6)67)42(35(8-2)73-47)77-46-38(58-63-53)25(3)39(70-26(4)65)37(75-46)22-54-59-49/h9-18,25,31-47H,7-8,19-24H2,1-6H3. The quantitative estimate of drug-likeness (QED) is 0.0329. The van der Waals surface area contributed by atoms with E-state index in [-0.39, 0.29) is 45.4 Å². The van der Waals surface area contributed by atoms with Crippen molar-refractivity contribution in [3.05, 3.63) is 124 Å². The normalized spacial score (nSPS) is 31.6. The fourth-order valence-corrected chi connectivity index (χ4v) is 10.3. The number of ether oxygens (including phenoxy) is 10. The lowest BCUT2D eigenvalue weighted by Crippen LogP contribution is -2.62. The van der Waals surface area contributed by atoms with Gasteiger partial charge in [-0.25, -0.2) is 4.79 Å². The van der Waals surface area contributed by atoms with Crippen LogP contribution >= 0.6 is 0 Å². The van der Waals surface area contributed by atoms with Gasteiger partial charge in [-0.3, -0.25) is 19.3 Å². The van der Waals surface area contributed by atoms with Crippen molar-refractivity contribution in [1.82, 2.24) is 4.90 Å². The van der Waals surface area contributed by atoms with Crippen molar-refractivity contribution in [2.24, 2.45) is 31.5 Å². The summed E-state index contributed by atoms with van der Waals surface area (Å²) in [6.45, 7) is 8.34. The van der Waals surface area contributed by atoms with Crippen molar-refractivity contribution < 1.29 is 66.5 Å². The molecule has 78 heavy (non-hydrogen) atoms. The number of carbonyl (C=O) groups excluding carboxylic acids is 4. The summed E-state index contributed by atoms with van der Waals surface area (Å²) in [6, 6.07) is 12.9. The lowest BCUT2D eigenvalue weighted by Gasteiger charge is -2.47.